The predicted molar refractivity (Wildman–Crippen MR) is 49.2 cm³/mol. The van der Waals surface area contributed by atoms with Crippen molar-refractivity contribution in [2.45, 2.75) is 5.37 Å². The van der Waals surface area contributed by atoms with Gasteiger partial charge in [0.15, 0.2) is 5.37 Å². The highest BCUT2D eigenvalue weighted by molar-refractivity contribution is 8.14. The molecule has 4 nitrogen and oxygen atoms in total. The summed E-state index contributed by atoms with van der Waals surface area (Å²) in [5, 5.41) is 7.66. The maximum atomic E-state index is 11.0. The largest absolute Gasteiger partial charge is 0.345 e. The Balaban J connectivity index is 3.06. The van der Waals surface area contributed by atoms with Crippen LogP contribution in [0.3, 0.4) is 0 Å². The number of nitrogens with zero attached hydrogens (tertiary/aromatic N) is 2. The SMILES string of the molecule is CN1C(C#N)=CC=CC1S(=O)(=O)Cl. The van der Waals surface area contributed by atoms with Crippen molar-refractivity contribution in [1.82, 2.24) is 4.90 Å². The minimum absolute atomic E-state index is 0.275. The van der Waals surface area contributed by atoms with Crippen LogP contribution >= 0.6 is 10.7 Å². The number of rotatable bonds is 1. The first-order chi connectivity index (χ1) is 5.96. The molecule has 1 unspecified atom stereocenters. The van der Waals surface area contributed by atoms with Gasteiger partial charge in [0, 0.05) is 17.7 Å². The minimum Gasteiger partial charge on any atom is -0.345 e. The van der Waals surface area contributed by atoms with E-state index in [1.54, 1.807) is 0 Å². The molecular weight excluding hydrogens is 212 g/mol. The second-order valence-corrected chi connectivity index (χ2v) is 5.25. The molecule has 0 N–H and O–H groups in total. The van der Waals surface area contributed by atoms with E-state index in [1.165, 1.54) is 30.2 Å². The van der Waals surface area contributed by atoms with Gasteiger partial charge in [0.2, 0.25) is 0 Å². The third-order valence-corrected chi connectivity index (χ3v) is 3.29. The smallest absolute Gasteiger partial charge is 0.257 e. The molecule has 0 bridgehead atoms. The van der Waals surface area contributed by atoms with Gasteiger partial charge >= 0.3 is 0 Å². The third kappa shape index (κ3) is 2.02. The third-order valence-electron chi connectivity index (χ3n) is 1.69. The molecule has 0 aliphatic carbocycles. The van der Waals surface area contributed by atoms with Crippen LogP contribution in [0.5, 0.6) is 0 Å². The van der Waals surface area contributed by atoms with Gasteiger partial charge in [0.1, 0.15) is 11.8 Å². The number of likely N-dealkylation sites (N-methyl/N-ethyl adjacent to an activating group) is 1. The van der Waals surface area contributed by atoms with Crippen molar-refractivity contribution in [3.05, 3.63) is 23.9 Å². The Kier molecular flexibility index (Phi) is 2.64. The Morgan fingerprint density at radius 3 is 2.77 bits per heavy atom. The molecule has 0 aromatic carbocycles. The number of nitriles is 1. The van der Waals surface area contributed by atoms with Crippen molar-refractivity contribution in [3.8, 4) is 6.07 Å². The number of halogens is 1. The number of allylic oxidation sites excluding steroid dienone is 3. The number of hydrogen-bond donors (Lipinski definition) is 0. The van der Waals surface area contributed by atoms with E-state index in [0.29, 0.717) is 0 Å². The van der Waals surface area contributed by atoms with Crippen LogP contribution < -0.4 is 0 Å². The van der Waals surface area contributed by atoms with E-state index in [9.17, 15) is 8.42 Å². The van der Waals surface area contributed by atoms with Crippen LogP contribution in [0.1, 0.15) is 0 Å². The van der Waals surface area contributed by atoms with Crippen LogP contribution in [0.4, 0.5) is 0 Å². The van der Waals surface area contributed by atoms with Crippen LogP contribution in [0, 0.1) is 11.3 Å². The van der Waals surface area contributed by atoms with Gasteiger partial charge in [0.05, 0.1) is 0 Å². The standard InChI is InChI=1S/C7H7ClN2O2S/c1-10-6(5-9)3-2-4-7(10)13(8,11)12/h2-4,7H,1H3. The Hall–Kier alpha value is -0.990. The van der Waals surface area contributed by atoms with Gasteiger partial charge in [-0.05, 0) is 12.2 Å². The fourth-order valence-electron chi connectivity index (χ4n) is 1.02. The zero-order chi connectivity index (χ0) is 10.1. The molecule has 70 valence electrons. The van der Waals surface area contributed by atoms with Gasteiger partial charge in [-0.2, -0.15) is 5.26 Å². The van der Waals surface area contributed by atoms with Crippen molar-refractivity contribution in [2.24, 2.45) is 0 Å². The summed E-state index contributed by atoms with van der Waals surface area (Å²) in [6.45, 7) is 0. The van der Waals surface area contributed by atoms with Crippen LogP contribution in [0.25, 0.3) is 0 Å². The quantitative estimate of drug-likeness (QED) is 0.611. The van der Waals surface area contributed by atoms with Gasteiger partial charge in [-0.15, -0.1) is 0 Å². The topological polar surface area (TPSA) is 61.2 Å². The summed E-state index contributed by atoms with van der Waals surface area (Å²) in [4.78, 5) is 1.31. The summed E-state index contributed by atoms with van der Waals surface area (Å²) in [6.07, 6.45) is 4.45. The molecule has 1 rings (SSSR count). The summed E-state index contributed by atoms with van der Waals surface area (Å²) in [5.74, 6) is 0. The average molecular weight is 219 g/mol. The maximum absolute atomic E-state index is 11.0. The molecule has 1 aliphatic rings. The minimum atomic E-state index is -3.70. The first kappa shape index (κ1) is 10.1. The molecule has 0 saturated heterocycles. The van der Waals surface area contributed by atoms with Crippen LogP contribution in [-0.4, -0.2) is 25.7 Å². The summed E-state index contributed by atoms with van der Waals surface area (Å²) >= 11 is 0. The molecule has 0 amide bonds. The highest BCUT2D eigenvalue weighted by Crippen LogP contribution is 2.20. The summed E-state index contributed by atoms with van der Waals surface area (Å²) in [6, 6.07) is 1.87. The second kappa shape index (κ2) is 3.40. The molecule has 0 aromatic heterocycles. The summed E-state index contributed by atoms with van der Waals surface area (Å²) < 4.78 is 22.0. The monoisotopic (exact) mass is 218 g/mol. The highest BCUT2D eigenvalue weighted by Gasteiger charge is 2.27. The van der Waals surface area contributed by atoms with Crippen molar-refractivity contribution >= 4 is 19.7 Å². The van der Waals surface area contributed by atoms with E-state index in [2.05, 4.69) is 0 Å². The van der Waals surface area contributed by atoms with Gasteiger partial charge in [-0.25, -0.2) is 8.42 Å². The first-order valence-corrected chi connectivity index (χ1v) is 5.79. The zero-order valence-corrected chi connectivity index (χ0v) is 8.38. The van der Waals surface area contributed by atoms with Crippen LogP contribution in [0.2, 0.25) is 0 Å². The van der Waals surface area contributed by atoms with E-state index in [-0.39, 0.29) is 5.70 Å². The predicted octanol–water partition coefficient (Wildman–Crippen LogP) is 0.790. The van der Waals surface area contributed by atoms with Crippen LogP contribution in [0.15, 0.2) is 23.9 Å². The lowest BCUT2D eigenvalue weighted by Gasteiger charge is -2.25. The highest BCUT2D eigenvalue weighted by atomic mass is 35.7. The van der Waals surface area contributed by atoms with Crippen molar-refractivity contribution < 1.29 is 8.42 Å². The Bertz CT molecular complexity index is 405. The van der Waals surface area contributed by atoms with Gasteiger partial charge in [-0.3, -0.25) is 0 Å². The van der Waals surface area contributed by atoms with E-state index in [4.69, 9.17) is 15.9 Å². The zero-order valence-electron chi connectivity index (χ0n) is 6.81. The van der Waals surface area contributed by atoms with Crippen molar-refractivity contribution in [1.29, 1.82) is 5.26 Å². The molecule has 13 heavy (non-hydrogen) atoms. The molecule has 0 fully saturated rings. The van der Waals surface area contributed by atoms with Gasteiger partial charge < -0.3 is 4.90 Å². The molecule has 1 aliphatic heterocycles. The molecule has 6 heteroatoms. The molecule has 0 aromatic rings. The molecule has 1 atom stereocenters. The maximum Gasteiger partial charge on any atom is 0.257 e. The average Bonchev–Trinajstić information content (AvgIpc) is 2.02. The fraction of sp³-hybridized carbons (Fsp3) is 0.286. The molecular formula is C7H7ClN2O2S. The normalized spacial score (nSPS) is 22.4. The van der Waals surface area contributed by atoms with E-state index in [0.717, 1.165) is 0 Å². The fourth-order valence-corrected chi connectivity index (χ4v) is 2.33. The lowest BCUT2D eigenvalue weighted by atomic mass is 10.3. The first-order valence-electron chi connectivity index (χ1n) is 3.41. The van der Waals surface area contributed by atoms with Gasteiger partial charge in [0.25, 0.3) is 9.05 Å². The van der Waals surface area contributed by atoms with Gasteiger partial charge in [-0.1, -0.05) is 6.08 Å². The summed E-state index contributed by atoms with van der Waals surface area (Å²) in [7, 11) is 2.98. The lowest BCUT2D eigenvalue weighted by Crippen LogP contribution is -2.34. The second-order valence-electron chi connectivity index (χ2n) is 2.53. The van der Waals surface area contributed by atoms with Crippen molar-refractivity contribution in [3.63, 3.8) is 0 Å². The van der Waals surface area contributed by atoms with Crippen LogP contribution in [-0.2, 0) is 9.05 Å². The molecule has 0 saturated carbocycles. The molecule has 0 spiro atoms. The molecule has 1 heterocycles. The summed E-state index contributed by atoms with van der Waals surface area (Å²) in [5.41, 5.74) is 0.275. The number of hydrogen-bond acceptors (Lipinski definition) is 4. The van der Waals surface area contributed by atoms with E-state index < -0.39 is 14.4 Å². The molecule has 0 radical (unpaired) electrons. The Labute approximate surface area is 81.1 Å². The van der Waals surface area contributed by atoms with Crippen molar-refractivity contribution in [2.75, 3.05) is 7.05 Å². The Morgan fingerprint density at radius 1 is 1.69 bits per heavy atom. The lowest BCUT2D eigenvalue weighted by molar-refractivity contribution is 0.428. The van der Waals surface area contributed by atoms with E-state index in [1.807, 2.05) is 6.07 Å². The Morgan fingerprint density at radius 2 is 2.31 bits per heavy atom. The van der Waals surface area contributed by atoms with E-state index >= 15 is 0 Å².